The molecule has 0 fully saturated rings. The van der Waals surface area contributed by atoms with Crippen molar-refractivity contribution in [3.63, 3.8) is 0 Å². The van der Waals surface area contributed by atoms with Gasteiger partial charge >= 0.3 is 23.9 Å². The van der Waals surface area contributed by atoms with E-state index in [9.17, 15) is 49.5 Å². The number of fused-ring (bicyclic) bond motifs is 6. The third-order valence-corrected chi connectivity index (χ3v) is 33.5. The molecule has 0 saturated heterocycles. The number of esters is 3. The molecule has 14 rings (SSSR count). The molecule has 734 valence electrons. The highest BCUT2D eigenvalue weighted by atomic mass is 79.9. The van der Waals surface area contributed by atoms with Crippen LogP contribution in [0.5, 0.6) is 0 Å². The van der Waals surface area contributed by atoms with Crippen LogP contribution in [0, 0.1) is 83.1 Å². The molecule has 24 heteroatoms. The van der Waals surface area contributed by atoms with Crippen molar-refractivity contribution in [2.75, 3.05) is 21.3 Å². The Morgan fingerprint density at radius 2 is 0.633 bits per heavy atom. The predicted octanol–water partition coefficient (Wildman–Crippen LogP) is 27.8. The molecule has 4 atom stereocenters. The van der Waals surface area contributed by atoms with Gasteiger partial charge in [0.05, 0.1) is 75.7 Å². The monoisotopic (exact) mass is 2080 g/mol. The van der Waals surface area contributed by atoms with E-state index in [-0.39, 0.29) is 31.9 Å². The van der Waals surface area contributed by atoms with Crippen LogP contribution in [0.1, 0.15) is 219 Å². The Morgan fingerprint density at radius 3 is 0.957 bits per heavy atom. The lowest BCUT2D eigenvalue weighted by molar-refractivity contribution is -0.164. The zero-order valence-electron chi connectivity index (χ0n) is 84.5. The highest BCUT2D eigenvalue weighted by molar-refractivity contribution is 9.10. The molecule has 1 N–H and O–H groups in total. The number of halogens is 2. The van der Waals surface area contributed by atoms with Gasteiger partial charge in [0.15, 0.2) is 53.9 Å². The number of benzene rings is 12. The fraction of sp³-hybridized carbons (Fsp3) is 0.339. The smallest absolute Gasteiger partial charge is 0.339 e. The Kier molecular flexibility index (Phi) is 34.4. The minimum atomic E-state index is -3.79. The average Bonchev–Trinajstić information content (AvgIpc) is 0.711. The molecule has 0 spiro atoms. The molecule has 0 radical (unpaired) electrons. The van der Waals surface area contributed by atoms with Crippen molar-refractivity contribution < 1.29 is 82.7 Å². The minimum Gasteiger partial charge on any atom is -0.479 e. The summed E-state index contributed by atoms with van der Waals surface area (Å²) >= 11 is 9.26. The van der Waals surface area contributed by atoms with E-state index in [0.717, 1.165) is 121 Å². The maximum absolute atomic E-state index is 13.8. The third kappa shape index (κ3) is 25.0. The van der Waals surface area contributed by atoms with Gasteiger partial charge in [0.25, 0.3) is 0 Å². The standard InChI is InChI=1S/C29H33BrO5S.C29H33BrO3S.C29H32O5S.C28H30O5S/c1-18-13-15-22(16-14-18)23-19(2)25(30)27(36(32,33)17-21-11-9-8-10-12-21)20(3)24(23)26(28(31)34-7)35-29(4,5)6;1-18-13-15-22(16-14-18)23-19(2)25(30)27(34-17-21-11-9-8-10-12-21)20(3)24(23)26(28(31)32-7)33-29(4,5)6;1-17-12-14-20(15-13-17)23-18(2)24-22-11-9-8-10-21(22)16-35(31,32)27(24)19(3)25(23)26(28(30)33-7)34-29(4,5)6;1-16-11-13-19(14-12-16)22-17(2)23-21-10-8-7-9-20(21)15-34(31,32)26(23)18(3)24(22)25(27(29)30)33-28(4,5)6/h8-16,26H,17H2,1-7H3;8-16,26H,17H2,1-7H3;8-15,26H,16H2,1-7H3;7-14,25H,15H2,1-6H3,(H,29,30)/t3*26-;25-/m0000/s1. The number of thioether (sulfide) groups is 1. The third-order valence-electron chi connectivity index (χ3n) is 24.2. The molecule has 0 aliphatic carbocycles. The summed E-state index contributed by atoms with van der Waals surface area (Å²) in [7, 11) is -7.09. The van der Waals surface area contributed by atoms with E-state index in [1.165, 1.54) is 32.5 Å². The molecular formula is C115H128Br2O18S4. The molecule has 0 saturated carbocycles. The number of rotatable bonds is 22. The van der Waals surface area contributed by atoms with E-state index in [1.54, 1.807) is 65.4 Å². The van der Waals surface area contributed by atoms with Gasteiger partial charge in [-0.05, 0) is 320 Å². The maximum atomic E-state index is 13.8. The number of aryl methyl sites for hydroxylation is 4. The van der Waals surface area contributed by atoms with Crippen molar-refractivity contribution in [1.82, 2.24) is 0 Å². The first kappa shape index (κ1) is 109. The van der Waals surface area contributed by atoms with E-state index in [2.05, 4.69) is 101 Å². The van der Waals surface area contributed by atoms with Gasteiger partial charge in [-0.1, -0.05) is 229 Å². The van der Waals surface area contributed by atoms with Crippen molar-refractivity contribution in [3.05, 3.63) is 326 Å². The molecular weight excluding hydrogens is 1960 g/mol. The summed E-state index contributed by atoms with van der Waals surface area (Å²) in [6.07, 6.45) is -4.38. The van der Waals surface area contributed by atoms with Crippen LogP contribution in [-0.4, -0.2) is 98.0 Å². The van der Waals surface area contributed by atoms with E-state index in [0.29, 0.717) is 65.7 Å². The largest absolute Gasteiger partial charge is 0.479 e. The van der Waals surface area contributed by atoms with Crippen molar-refractivity contribution in [3.8, 4) is 66.8 Å². The van der Waals surface area contributed by atoms with Crippen molar-refractivity contribution in [2.24, 2.45) is 0 Å². The summed E-state index contributed by atoms with van der Waals surface area (Å²) in [4.78, 5) is 53.6. The number of carboxylic acids is 1. The van der Waals surface area contributed by atoms with Crippen molar-refractivity contribution in [2.45, 2.75) is 256 Å². The van der Waals surface area contributed by atoms with Crippen LogP contribution >= 0.6 is 43.6 Å². The van der Waals surface area contributed by atoms with E-state index in [1.807, 2.05) is 249 Å². The molecule has 139 heavy (non-hydrogen) atoms. The van der Waals surface area contributed by atoms with Crippen LogP contribution in [0.15, 0.2) is 235 Å². The first-order valence-corrected chi connectivity index (χ1v) is 53.5. The number of carboxylic acid groups (broad SMARTS) is 1. The summed E-state index contributed by atoms with van der Waals surface area (Å²) in [5, 5.41) is 10.2. The molecule has 0 unspecified atom stereocenters. The Bertz CT molecular complexity index is 6990. The van der Waals surface area contributed by atoms with Crippen LogP contribution in [0.4, 0.5) is 0 Å². The average molecular weight is 2090 g/mol. The van der Waals surface area contributed by atoms with Gasteiger partial charge < -0.3 is 38.3 Å². The Hall–Kier alpha value is -10.5. The highest BCUT2D eigenvalue weighted by Gasteiger charge is 2.44. The number of hydrogen-bond acceptors (Lipinski definition) is 18. The van der Waals surface area contributed by atoms with Gasteiger partial charge in [-0.3, -0.25) is 0 Å². The Labute approximate surface area is 843 Å². The summed E-state index contributed by atoms with van der Waals surface area (Å²) in [5.41, 5.74) is 23.3. The first-order valence-electron chi connectivity index (χ1n) is 46.0. The second kappa shape index (κ2) is 43.9. The van der Waals surface area contributed by atoms with Crippen LogP contribution < -0.4 is 0 Å². The molecule has 2 heterocycles. The van der Waals surface area contributed by atoms with Crippen LogP contribution in [0.3, 0.4) is 0 Å². The number of carbonyl (C=O) groups is 4. The number of carbonyl (C=O) groups excluding carboxylic acids is 3. The SMILES string of the molecule is COC(=O)[C@@H](OC(C)(C)C)c1c(C)c(S(=O)(=O)Cc2ccccc2)c(Br)c(C)c1-c1ccc(C)cc1.COC(=O)[C@@H](OC(C)(C)C)c1c(C)c(SCc2ccccc2)c(Br)c(C)c1-c1ccc(C)cc1.COC(=O)[C@@H](OC(C)(C)C)c1c(C)c2c(c(C)c1-c1ccc(C)cc1)-c1ccccc1CS2(=O)=O.Cc1ccc(-c2c(C)c3c(c(C)c2[C@H](OC(C)(C)C)C(=O)O)S(=O)(=O)Cc2ccccc2-3)cc1. The number of ether oxygens (including phenoxy) is 7. The molecule has 12 aromatic rings. The molecule has 0 amide bonds. The maximum Gasteiger partial charge on any atom is 0.339 e. The lowest BCUT2D eigenvalue weighted by Crippen LogP contribution is -2.30. The van der Waals surface area contributed by atoms with E-state index < -0.39 is 100 Å². The predicted molar refractivity (Wildman–Crippen MR) is 564 cm³/mol. The first-order chi connectivity index (χ1) is 65.0. The number of sulfone groups is 3. The minimum absolute atomic E-state index is 0.0806. The number of methoxy groups -OCH3 is 3. The fourth-order valence-corrected chi connectivity index (χ4v) is 27.0. The molecule has 0 bridgehead atoms. The molecule has 0 aromatic heterocycles. The van der Waals surface area contributed by atoms with Gasteiger partial charge in [-0.2, -0.15) is 0 Å². The lowest BCUT2D eigenvalue weighted by atomic mass is 9.82. The summed E-state index contributed by atoms with van der Waals surface area (Å²) in [5.74, 6) is -2.24. The Morgan fingerprint density at radius 1 is 0.353 bits per heavy atom. The van der Waals surface area contributed by atoms with Gasteiger partial charge in [-0.25, -0.2) is 44.4 Å². The summed E-state index contributed by atoms with van der Waals surface area (Å²) in [6.45, 7) is 45.5. The van der Waals surface area contributed by atoms with E-state index >= 15 is 0 Å². The molecule has 2 aliphatic heterocycles. The van der Waals surface area contributed by atoms with Crippen LogP contribution in [0.25, 0.3) is 66.8 Å². The summed E-state index contributed by atoms with van der Waals surface area (Å²) < 4.78 is 124. The topological polar surface area (TPSA) is 256 Å². The highest BCUT2D eigenvalue weighted by Crippen LogP contribution is 2.54. The van der Waals surface area contributed by atoms with Gasteiger partial charge in [0, 0.05) is 53.0 Å². The second-order valence-electron chi connectivity index (χ2n) is 39.5. The molecule has 18 nitrogen and oxygen atoms in total. The summed E-state index contributed by atoms with van der Waals surface area (Å²) in [6, 6.07) is 66.8. The zero-order chi connectivity index (χ0) is 103. The molecule has 2 aliphatic rings. The number of hydrogen-bond donors (Lipinski definition) is 1. The second-order valence-corrected chi connectivity index (χ2v) is 47.9. The molecule has 12 aromatic carbocycles. The van der Waals surface area contributed by atoms with E-state index in [4.69, 9.17) is 33.2 Å². The van der Waals surface area contributed by atoms with Gasteiger partial charge in [0.1, 0.15) is 0 Å². The Balaban J connectivity index is 0.000000178. The quantitative estimate of drug-likeness (QED) is 0.0376. The van der Waals surface area contributed by atoms with Crippen molar-refractivity contribution >= 4 is 97.0 Å². The zero-order valence-corrected chi connectivity index (χ0v) is 91.0. The lowest BCUT2D eigenvalue weighted by Gasteiger charge is -2.33. The van der Waals surface area contributed by atoms with Crippen molar-refractivity contribution in [1.29, 1.82) is 0 Å². The fourth-order valence-electron chi connectivity index (χ4n) is 18.1. The van der Waals surface area contributed by atoms with Gasteiger partial charge in [0.2, 0.25) is 0 Å². The van der Waals surface area contributed by atoms with Crippen LogP contribution in [-0.2, 0) is 105 Å². The van der Waals surface area contributed by atoms with Gasteiger partial charge in [-0.15, -0.1) is 11.8 Å². The van der Waals surface area contributed by atoms with Crippen LogP contribution in [0.2, 0.25) is 0 Å². The normalized spacial score (nSPS) is 14.0. The number of aliphatic carboxylic acids is 1.